The molecule has 2 aliphatic carbocycles. The van der Waals surface area contributed by atoms with Crippen LogP contribution >= 0.6 is 0 Å². The molecular weight excluding hydrogens is 857 g/mol. The molecule has 3 amide bonds. The highest BCUT2D eigenvalue weighted by Crippen LogP contribution is 2.49. The number of methoxy groups -OCH3 is 1. The van der Waals surface area contributed by atoms with E-state index in [2.05, 4.69) is 73.7 Å². The molecule has 68 heavy (non-hydrogen) atoms. The Morgan fingerprint density at radius 3 is 1.74 bits per heavy atom. The second-order valence-electron chi connectivity index (χ2n) is 18.9. The number of carbonyl (C=O) groups is 3. The molecule has 2 aliphatic heterocycles. The first-order valence-electron chi connectivity index (χ1n) is 24.3. The van der Waals surface area contributed by atoms with Gasteiger partial charge in [-0.15, -0.1) is 0 Å². The highest BCUT2D eigenvalue weighted by atomic mass is 17.2. The summed E-state index contributed by atoms with van der Waals surface area (Å²) in [7, 11) is 2.73. The number of nitrogens with one attached hydrogen (secondary N) is 3. The maximum atomic E-state index is 14.6. The van der Waals surface area contributed by atoms with Gasteiger partial charge in [0.15, 0.2) is 6.04 Å². The van der Waals surface area contributed by atoms with Gasteiger partial charge in [0.25, 0.3) is 11.8 Å². The normalized spacial score (nSPS) is 23.5. The maximum Gasteiger partial charge on any atom is 0.407 e. The van der Waals surface area contributed by atoms with Crippen LogP contribution < -0.4 is 5.32 Å². The molecule has 3 N–H and O–H groups in total. The second-order valence-corrected chi connectivity index (χ2v) is 18.9. The smallest absolute Gasteiger partial charge is 0.407 e. The van der Waals surface area contributed by atoms with E-state index >= 15 is 0 Å². The van der Waals surface area contributed by atoms with Gasteiger partial charge in [-0.1, -0.05) is 111 Å². The van der Waals surface area contributed by atoms with Crippen LogP contribution in [-0.2, 0) is 36.9 Å². The lowest BCUT2D eigenvalue weighted by molar-refractivity contribution is -0.188. The number of aliphatic imine (C=N–C) groups is 1. The Labute approximate surface area is 396 Å². The van der Waals surface area contributed by atoms with E-state index in [1.807, 2.05) is 65.6 Å². The molecule has 0 radical (unpaired) electrons. The number of rotatable bonds is 14. The summed E-state index contributed by atoms with van der Waals surface area (Å²) in [6, 6.07) is 29.9. The molecule has 352 valence electrons. The molecule has 4 fully saturated rings. The average Bonchev–Trinajstić information content (AvgIpc) is 4.18. The van der Waals surface area contributed by atoms with Crippen LogP contribution in [0.2, 0.25) is 0 Å². The lowest BCUT2D eigenvalue weighted by Gasteiger charge is -2.36. The van der Waals surface area contributed by atoms with Crippen molar-refractivity contribution in [2.24, 2.45) is 16.8 Å². The molecule has 4 aliphatic rings. The maximum absolute atomic E-state index is 14.6. The van der Waals surface area contributed by atoms with E-state index in [1.165, 1.54) is 27.0 Å². The number of benzene rings is 4. The first-order chi connectivity index (χ1) is 33.4. The lowest BCUT2D eigenvalue weighted by atomic mass is 9.84. The molecule has 4 heterocycles. The Morgan fingerprint density at radius 1 is 0.691 bits per heavy atom. The number of nitrogens with zero attached hydrogens (tertiary/aromatic N) is 5. The number of likely N-dealkylation sites (tertiary alicyclic amines) is 2. The molecule has 2 saturated heterocycles. The Hall–Kier alpha value is -6.80. The van der Waals surface area contributed by atoms with Gasteiger partial charge in [-0.25, -0.2) is 19.8 Å². The summed E-state index contributed by atoms with van der Waals surface area (Å²) in [4.78, 5) is 77.6. The molecule has 8 atom stereocenters. The summed E-state index contributed by atoms with van der Waals surface area (Å²) in [5, 5.41) is 2.83. The summed E-state index contributed by atoms with van der Waals surface area (Å²) < 4.78 is 4.96. The van der Waals surface area contributed by atoms with E-state index in [-0.39, 0.29) is 36.0 Å². The van der Waals surface area contributed by atoms with Crippen LogP contribution in [0.4, 0.5) is 4.79 Å². The van der Waals surface area contributed by atoms with Gasteiger partial charge in [-0.05, 0) is 110 Å². The van der Waals surface area contributed by atoms with E-state index in [4.69, 9.17) is 24.5 Å². The van der Waals surface area contributed by atoms with E-state index < -0.39 is 18.2 Å². The standard InChI is InChI=1S/C54H60N8O6/c1-66-54(65)60-49(37-19-7-4-8-20-37)53(64)62-45-24-14-12-22-39(45)32-47(62)51-57-41-28-26-35(30-43(41)59-51)16-10-9-15-34-25-27-40-42(29-34)58-50(56-40)46-31-38-21-11-13-23-44(38)61(46)52(63)48(55-33-68-67-2)36-17-5-3-6-18-36/h3-10,17-20,25-30,33,38-39,44-49H,11-16,21-24,31-32H2,1-2H3,(H,56,58)(H,57,59)(H,60,65)/b10-9+,55-33-/t38-,39-,44-,45-,46+,47+,48-,49-/m1/s1. The third-order valence-corrected chi connectivity index (χ3v) is 14.8. The Kier molecular flexibility index (Phi) is 13.4. The van der Waals surface area contributed by atoms with Crippen LogP contribution in [0.15, 0.2) is 114 Å². The number of aromatic nitrogens is 4. The van der Waals surface area contributed by atoms with Crippen LogP contribution in [0.1, 0.15) is 122 Å². The number of aromatic amines is 2. The third kappa shape index (κ3) is 9.25. The highest BCUT2D eigenvalue weighted by molar-refractivity contribution is 5.88. The Morgan fingerprint density at radius 2 is 1.21 bits per heavy atom. The van der Waals surface area contributed by atoms with Crippen LogP contribution in [-0.4, -0.2) is 80.3 Å². The summed E-state index contributed by atoms with van der Waals surface area (Å²) in [6.45, 7) is 0. The van der Waals surface area contributed by atoms with Crippen LogP contribution in [0.3, 0.4) is 0 Å². The van der Waals surface area contributed by atoms with E-state index in [1.54, 1.807) is 0 Å². The second kappa shape index (κ2) is 20.2. The van der Waals surface area contributed by atoms with Crippen molar-refractivity contribution in [1.29, 1.82) is 0 Å². The summed E-state index contributed by atoms with van der Waals surface area (Å²) in [6.07, 6.45) is 16.7. The Balaban J connectivity index is 0.832. The van der Waals surface area contributed by atoms with Gasteiger partial charge >= 0.3 is 6.09 Å². The summed E-state index contributed by atoms with van der Waals surface area (Å²) in [5.74, 6) is 2.18. The minimum absolute atomic E-state index is 0.0572. The van der Waals surface area contributed by atoms with Crippen molar-refractivity contribution < 1.29 is 28.9 Å². The Bertz CT molecular complexity index is 2790. The van der Waals surface area contributed by atoms with Crippen molar-refractivity contribution in [3.05, 3.63) is 143 Å². The fraction of sp³-hybridized carbons (Fsp3) is 0.407. The number of imidazole rings is 2. The first-order valence-corrected chi connectivity index (χ1v) is 24.3. The number of hydrogen-bond donors (Lipinski definition) is 3. The van der Waals surface area contributed by atoms with Crippen LogP contribution in [0.25, 0.3) is 22.1 Å². The van der Waals surface area contributed by atoms with Crippen molar-refractivity contribution in [2.75, 3.05) is 14.2 Å². The van der Waals surface area contributed by atoms with Gasteiger partial charge in [0.05, 0.1) is 48.4 Å². The monoisotopic (exact) mass is 916 g/mol. The molecule has 0 unspecified atom stereocenters. The number of amides is 3. The molecule has 14 heteroatoms. The fourth-order valence-electron chi connectivity index (χ4n) is 11.6. The first kappa shape index (κ1) is 45.0. The number of alkyl carbamates (subject to hydrolysis) is 1. The molecule has 2 saturated carbocycles. The molecular formula is C54H60N8O6. The molecule has 0 bridgehead atoms. The number of carbonyl (C=O) groups excluding carboxylic acids is 3. The minimum atomic E-state index is -0.875. The molecule has 6 aromatic rings. The van der Waals surface area contributed by atoms with Crippen molar-refractivity contribution in [1.82, 2.24) is 35.1 Å². The van der Waals surface area contributed by atoms with Crippen molar-refractivity contribution in [2.45, 2.75) is 113 Å². The summed E-state index contributed by atoms with van der Waals surface area (Å²) in [5.41, 5.74) is 7.43. The van der Waals surface area contributed by atoms with Gasteiger partial charge in [0, 0.05) is 12.1 Å². The predicted molar refractivity (Wildman–Crippen MR) is 259 cm³/mol. The number of H-pyrrole nitrogens is 2. The topological polar surface area (TPSA) is 167 Å². The molecule has 10 rings (SSSR count). The molecule has 2 aromatic heterocycles. The quantitative estimate of drug-likeness (QED) is 0.0319. The predicted octanol–water partition coefficient (Wildman–Crippen LogP) is 9.89. The zero-order valence-corrected chi connectivity index (χ0v) is 38.8. The SMILES string of the molecule is COO/C=N\[C@@H](C(=O)N1[C@@H]2CCCC[C@@H]2C[C@H]1c1nc2cc(C/C=C/Cc3ccc4[nH]c([C@@H]5C[C@H]6CCCC[C@H]6N5C(=O)[C@H](NC(=O)OC)c5ccccc5)nc4c3)ccc2[nH]1)c1ccccc1. The molecule has 14 nitrogen and oxygen atoms in total. The highest BCUT2D eigenvalue weighted by Gasteiger charge is 2.49. The number of fused-ring (bicyclic) bond motifs is 4. The van der Waals surface area contributed by atoms with Crippen molar-refractivity contribution in [3.63, 3.8) is 0 Å². The fourth-order valence-corrected chi connectivity index (χ4v) is 11.6. The number of hydrogen-bond acceptors (Lipinski definition) is 9. The van der Waals surface area contributed by atoms with Crippen LogP contribution in [0.5, 0.6) is 0 Å². The zero-order chi connectivity index (χ0) is 46.6. The van der Waals surface area contributed by atoms with E-state index in [0.717, 1.165) is 121 Å². The van der Waals surface area contributed by atoms with E-state index in [0.29, 0.717) is 17.4 Å². The molecule has 4 aromatic carbocycles. The lowest BCUT2D eigenvalue weighted by Crippen LogP contribution is -2.47. The summed E-state index contributed by atoms with van der Waals surface area (Å²) >= 11 is 0. The largest absolute Gasteiger partial charge is 0.453 e. The van der Waals surface area contributed by atoms with Gasteiger partial charge in [0.1, 0.15) is 17.7 Å². The van der Waals surface area contributed by atoms with Crippen LogP contribution in [0, 0.1) is 11.8 Å². The number of allylic oxidation sites excluding steroid dienone is 2. The van der Waals surface area contributed by atoms with E-state index in [9.17, 15) is 14.4 Å². The van der Waals surface area contributed by atoms with Gasteiger partial charge in [-0.2, -0.15) is 4.89 Å². The minimum Gasteiger partial charge on any atom is -0.453 e. The van der Waals surface area contributed by atoms with Crippen molar-refractivity contribution in [3.8, 4) is 0 Å². The van der Waals surface area contributed by atoms with Gasteiger partial charge in [-0.3, -0.25) is 9.59 Å². The number of ether oxygens (including phenoxy) is 1. The molecule has 0 spiro atoms. The average molecular weight is 917 g/mol. The third-order valence-electron chi connectivity index (χ3n) is 14.8. The zero-order valence-electron chi connectivity index (χ0n) is 38.8. The van der Waals surface area contributed by atoms with Gasteiger partial charge < -0.3 is 34.7 Å². The van der Waals surface area contributed by atoms with Gasteiger partial charge in [0.2, 0.25) is 6.40 Å². The van der Waals surface area contributed by atoms with Crippen molar-refractivity contribution >= 4 is 46.4 Å².